The highest BCUT2D eigenvalue weighted by Gasteiger charge is 2.30. The summed E-state index contributed by atoms with van der Waals surface area (Å²) in [6, 6.07) is 7.22. The van der Waals surface area contributed by atoms with Crippen LogP contribution in [0.5, 0.6) is 0 Å². The molecular formula is C14H17NO4. The standard InChI is InChI=1S/C14H17NO4/c1-10-4-6-11(7-5-10)15(9-13(16)17)14(18)12-3-2-8-19-12/h4-7,12H,2-3,8-9H2,1H3,(H,16,17). The summed E-state index contributed by atoms with van der Waals surface area (Å²) < 4.78 is 5.34. The van der Waals surface area contributed by atoms with Crippen molar-refractivity contribution < 1.29 is 19.4 Å². The minimum atomic E-state index is -1.04. The van der Waals surface area contributed by atoms with Crippen LogP contribution >= 0.6 is 0 Å². The summed E-state index contributed by atoms with van der Waals surface area (Å²) in [6.07, 6.45) is 0.979. The van der Waals surface area contributed by atoms with Gasteiger partial charge in [-0.2, -0.15) is 0 Å². The van der Waals surface area contributed by atoms with Gasteiger partial charge in [0.2, 0.25) is 0 Å². The second-order valence-electron chi connectivity index (χ2n) is 4.66. The van der Waals surface area contributed by atoms with Crippen LogP contribution in [0.1, 0.15) is 18.4 Å². The van der Waals surface area contributed by atoms with E-state index in [1.807, 2.05) is 19.1 Å². The number of aryl methyl sites for hydroxylation is 1. The first-order chi connectivity index (χ1) is 9.08. The zero-order valence-electron chi connectivity index (χ0n) is 10.8. The van der Waals surface area contributed by atoms with Gasteiger partial charge in [-0.05, 0) is 31.9 Å². The van der Waals surface area contributed by atoms with Crippen molar-refractivity contribution in [2.75, 3.05) is 18.1 Å². The lowest BCUT2D eigenvalue weighted by Gasteiger charge is -2.23. The van der Waals surface area contributed by atoms with Crippen LogP contribution in [0.4, 0.5) is 5.69 Å². The van der Waals surface area contributed by atoms with Crippen molar-refractivity contribution in [3.63, 3.8) is 0 Å². The van der Waals surface area contributed by atoms with Crippen molar-refractivity contribution in [1.82, 2.24) is 0 Å². The average molecular weight is 263 g/mol. The molecule has 1 heterocycles. The zero-order valence-corrected chi connectivity index (χ0v) is 10.8. The van der Waals surface area contributed by atoms with Gasteiger partial charge in [0, 0.05) is 12.3 Å². The number of rotatable bonds is 4. The van der Waals surface area contributed by atoms with Gasteiger partial charge in [-0.3, -0.25) is 14.5 Å². The maximum Gasteiger partial charge on any atom is 0.323 e. The minimum Gasteiger partial charge on any atom is -0.480 e. The molecule has 1 atom stereocenters. The molecule has 102 valence electrons. The Morgan fingerprint density at radius 3 is 2.58 bits per heavy atom. The summed E-state index contributed by atoms with van der Waals surface area (Å²) in [5, 5.41) is 8.96. The van der Waals surface area contributed by atoms with E-state index in [-0.39, 0.29) is 12.5 Å². The number of carbonyl (C=O) groups is 2. The van der Waals surface area contributed by atoms with Gasteiger partial charge in [0.15, 0.2) is 0 Å². The quantitative estimate of drug-likeness (QED) is 0.895. The van der Waals surface area contributed by atoms with Gasteiger partial charge in [-0.25, -0.2) is 0 Å². The van der Waals surface area contributed by atoms with E-state index in [1.54, 1.807) is 12.1 Å². The number of ether oxygens (including phenoxy) is 1. The molecule has 0 radical (unpaired) electrons. The number of carbonyl (C=O) groups excluding carboxylic acids is 1. The Labute approximate surface area is 111 Å². The smallest absolute Gasteiger partial charge is 0.323 e. The lowest BCUT2D eigenvalue weighted by atomic mass is 10.1. The largest absolute Gasteiger partial charge is 0.480 e. The molecule has 1 fully saturated rings. The van der Waals surface area contributed by atoms with Crippen LogP contribution in [0.25, 0.3) is 0 Å². The summed E-state index contributed by atoms with van der Waals surface area (Å²) in [7, 11) is 0. The number of amides is 1. The van der Waals surface area contributed by atoms with E-state index in [0.29, 0.717) is 18.7 Å². The third-order valence-electron chi connectivity index (χ3n) is 3.11. The van der Waals surface area contributed by atoms with Gasteiger partial charge in [0.1, 0.15) is 12.6 Å². The van der Waals surface area contributed by atoms with E-state index in [9.17, 15) is 9.59 Å². The van der Waals surface area contributed by atoms with Crippen LogP contribution in [-0.4, -0.2) is 36.2 Å². The molecule has 1 aromatic carbocycles. The summed E-state index contributed by atoms with van der Waals surface area (Å²) in [5.74, 6) is -1.31. The molecule has 5 nitrogen and oxygen atoms in total. The molecule has 0 aromatic heterocycles. The zero-order chi connectivity index (χ0) is 13.8. The van der Waals surface area contributed by atoms with Crippen LogP contribution in [0.15, 0.2) is 24.3 Å². The van der Waals surface area contributed by atoms with Crippen molar-refractivity contribution >= 4 is 17.6 Å². The Bertz CT molecular complexity index is 463. The van der Waals surface area contributed by atoms with Crippen LogP contribution in [0, 0.1) is 6.92 Å². The SMILES string of the molecule is Cc1ccc(N(CC(=O)O)C(=O)C2CCCO2)cc1. The van der Waals surface area contributed by atoms with E-state index in [0.717, 1.165) is 12.0 Å². The van der Waals surface area contributed by atoms with Crippen LogP contribution < -0.4 is 4.90 Å². The summed E-state index contributed by atoms with van der Waals surface area (Å²) in [5.41, 5.74) is 1.65. The van der Waals surface area contributed by atoms with E-state index in [4.69, 9.17) is 9.84 Å². The maximum atomic E-state index is 12.3. The number of anilines is 1. The number of nitrogens with zero attached hydrogens (tertiary/aromatic N) is 1. The number of hydrogen-bond acceptors (Lipinski definition) is 3. The fraction of sp³-hybridized carbons (Fsp3) is 0.429. The van der Waals surface area contributed by atoms with Gasteiger partial charge in [-0.15, -0.1) is 0 Å². The van der Waals surface area contributed by atoms with Gasteiger partial charge in [0.25, 0.3) is 5.91 Å². The summed E-state index contributed by atoms with van der Waals surface area (Å²) in [6.45, 7) is 2.15. The number of benzene rings is 1. The molecule has 0 bridgehead atoms. The first-order valence-electron chi connectivity index (χ1n) is 6.29. The van der Waals surface area contributed by atoms with Crippen molar-refractivity contribution in [3.8, 4) is 0 Å². The van der Waals surface area contributed by atoms with Gasteiger partial charge in [0.05, 0.1) is 0 Å². The second kappa shape index (κ2) is 5.84. The molecule has 2 rings (SSSR count). The fourth-order valence-corrected chi connectivity index (χ4v) is 2.10. The molecule has 5 heteroatoms. The topological polar surface area (TPSA) is 66.8 Å². The molecule has 1 aliphatic heterocycles. The molecule has 1 unspecified atom stereocenters. The van der Waals surface area contributed by atoms with Crippen molar-refractivity contribution in [1.29, 1.82) is 0 Å². The highest BCUT2D eigenvalue weighted by molar-refractivity contribution is 6.00. The lowest BCUT2D eigenvalue weighted by molar-refractivity contribution is -0.137. The molecule has 1 aromatic rings. The molecule has 1 saturated heterocycles. The normalized spacial score (nSPS) is 18.3. The minimum absolute atomic E-state index is 0.274. The summed E-state index contributed by atoms with van der Waals surface area (Å²) in [4.78, 5) is 24.5. The van der Waals surface area contributed by atoms with E-state index >= 15 is 0 Å². The maximum absolute atomic E-state index is 12.3. The first-order valence-corrected chi connectivity index (χ1v) is 6.29. The average Bonchev–Trinajstić information content (AvgIpc) is 2.90. The molecule has 1 aliphatic rings. The molecule has 0 saturated carbocycles. The predicted octanol–water partition coefficient (Wildman–Crippen LogP) is 1.59. The number of carboxylic acid groups (broad SMARTS) is 1. The van der Waals surface area contributed by atoms with Crippen molar-refractivity contribution in [2.45, 2.75) is 25.9 Å². The monoisotopic (exact) mass is 263 g/mol. The van der Waals surface area contributed by atoms with Gasteiger partial charge >= 0.3 is 5.97 Å². The Kier molecular flexibility index (Phi) is 4.16. The number of aliphatic carboxylic acids is 1. The third kappa shape index (κ3) is 3.32. The van der Waals surface area contributed by atoms with E-state index in [2.05, 4.69) is 0 Å². The highest BCUT2D eigenvalue weighted by Crippen LogP contribution is 2.20. The molecule has 1 N–H and O–H groups in total. The Morgan fingerprint density at radius 2 is 2.05 bits per heavy atom. The number of hydrogen-bond donors (Lipinski definition) is 1. The predicted molar refractivity (Wildman–Crippen MR) is 70.1 cm³/mol. The fourth-order valence-electron chi connectivity index (χ4n) is 2.10. The van der Waals surface area contributed by atoms with Gasteiger partial charge in [-0.1, -0.05) is 17.7 Å². The molecule has 0 aliphatic carbocycles. The number of carboxylic acids is 1. The Morgan fingerprint density at radius 1 is 1.37 bits per heavy atom. The van der Waals surface area contributed by atoms with E-state index in [1.165, 1.54) is 4.90 Å². The van der Waals surface area contributed by atoms with Crippen molar-refractivity contribution in [2.24, 2.45) is 0 Å². The van der Waals surface area contributed by atoms with E-state index < -0.39 is 12.1 Å². The van der Waals surface area contributed by atoms with Crippen LogP contribution in [0.2, 0.25) is 0 Å². The summed E-state index contributed by atoms with van der Waals surface area (Å²) >= 11 is 0. The second-order valence-corrected chi connectivity index (χ2v) is 4.66. The Hall–Kier alpha value is -1.88. The highest BCUT2D eigenvalue weighted by atomic mass is 16.5. The van der Waals surface area contributed by atoms with Crippen LogP contribution in [0.3, 0.4) is 0 Å². The molecule has 1 amide bonds. The Balaban J connectivity index is 2.21. The molecule has 19 heavy (non-hydrogen) atoms. The molecule has 0 spiro atoms. The molecular weight excluding hydrogens is 246 g/mol. The third-order valence-corrected chi connectivity index (χ3v) is 3.11. The lowest BCUT2D eigenvalue weighted by Crippen LogP contribution is -2.42. The van der Waals surface area contributed by atoms with Crippen LogP contribution in [-0.2, 0) is 14.3 Å². The van der Waals surface area contributed by atoms with Crippen molar-refractivity contribution in [3.05, 3.63) is 29.8 Å². The van der Waals surface area contributed by atoms with Gasteiger partial charge < -0.3 is 9.84 Å². The first kappa shape index (κ1) is 13.5.